The molecule has 1 saturated carbocycles. The Bertz CT molecular complexity index is 539. The minimum atomic E-state index is -0.405. The van der Waals surface area contributed by atoms with Crippen LogP contribution < -0.4 is 4.90 Å². The Morgan fingerprint density at radius 2 is 2.29 bits per heavy atom. The molecule has 1 aliphatic rings. The van der Waals surface area contributed by atoms with Crippen molar-refractivity contribution in [3.8, 4) is 0 Å². The largest absolute Gasteiger partial charge is 0.383 e. The molecule has 1 heterocycles. The van der Waals surface area contributed by atoms with Crippen LogP contribution in [0.3, 0.4) is 0 Å². The average Bonchev–Trinajstić information content (AvgIpc) is 3.18. The first-order chi connectivity index (χ1) is 9.95. The van der Waals surface area contributed by atoms with E-state index < -0.39 is 4.92 Å². The summed E-state index contributed by atoms with van der Waals surface area (Å²) in [5.74, 6) is 0.435. The Morgan fingerprint density at radius 1 is 1.62 bits per heavy atom. The van der Waals surface area contributed by atoms with Gasteiger partial charge in [0, 0.05) is 25.8 Å². The lowest BCUT2D eigenvalue weighted by atomic mass is 10.2. The first-order valence-corrected chi connectivity index (χ1v) is 7.82. The van der Waals surface area contributed by atoms with Gasteiger partial charge in [-0.3, -0.25) is 14.9 Å². The molecule has 0 aromatic carbocycles. The third kappa shape index (κ3) is 3.59. The zero-order valence-corrected chi connectivity index (χ0v) is 13.3. The predicted molar refractivity (Wildman–Crippen MR) is 82.4 cm³/mol. The van der Waals surface area contributed by atoms with Gasteiger partial charge in [0.1, 0.15) is 0 Å². The van der Waals surface area contributed by atoms with Crippen LogP contribution in [0.5, 0.6) is 0 Å². The van der Waals surface area contributed by atoms with Crippen molar-refractivity contribution >= 4 is 27.8 Å². The van der Waals surface area contributed by atoms with Crippen LogP contribution in [0.4, 0.5) is 10.7 Å². The number of carbonyl (C=O) groups excluding carboxylic acids is 1. The van der Waals surface area contributed by atoms with Gasteiger partial charge >= 0.3 is 5.69 Å². The van der Waals surface area contributed by atoms with Crippen LogP contribution in [0.1, 0.15) is 36.4 Å². The quantitative estimate of drug-likeness (QED) is 0.419. The molecule has 0 N–H and O–H groups in total. The Labute approximate surface area is 127 Å². The van der Waals surface area contributed by atoms with Crippen molar-refractivity contribution in [2.45, 2.75) is 32.7 Å². The van der Waals surface area contributed by atoms with Gasteiger partial charge < -0.3 is 9.64 Å². The van der Waals surface area contributed by atoms with Crippen LogP contribution in [0.15, 0.2) is 6.07 Å². The molecule has 21 heavy (non-hydrogen) atoms. The van der Waals surface area contributed by atoms with E-state index in [1.54, 1.807) is 7.11 Å². The number of methoxy groups -OCH3 is 1. The highest BCUT2D eigenvalue weighted by Gasteiger charge is 2.35. The molecule has 0 bridgehead atoms. The Kier molecular flexibility index (Phi) is 4.95. The summed E-state index contributed by atoms with van der Waals surface area (Å²) in [4.78, 5) is 24.9. The fourth-order valence-corrected chi connectivity index (χ4v) is 3.53. The number of hydrogen-bond donors (Lipinski definition) is 0. The zero-order chi connectivity index (χ0) is 15.6. The molecular weight excluding hydrogens is 292 g/mol. The standard InChI is InChI=1S/C14H20N2O4S/c1-9(11-4-5-11)15(6-7-20-3)14-12(16(18)19)8-13(21-14)10(2)17/h8-9,11H,4-7H2,1-3H3. The van der Waals surface area contributed by atoms with E-state index in [-0.39, 0.29) is 17.5 Å². The van der Waals surface area contributed by atoms with Crippen LogP contribution in [-0.4, -0.2) is 37.0 Å². The molecule has 0 saturated heterocycles. The third-order valence-electron chi connectivity index (χ3n) is 3.83. The number of carbonyl (C=O) groups is 1. The summed E-state index contributed by atoms with van der Waals surface area (Å²) >= 11 is 1.21. The highest BCUT2D eigenvalue weighted by Crippen LogP contribution is 2.43. The highest BCUT2D eigenvalue weighted by molar-refractivity contribution is 7.18. The maximum absolute atomic E-state index is 11.5. The molecule has 2 rings (SSSR count). The average molecular weight is 312 g/mol. The molecule has 0 aliphatic heterocycles. The lowest BCUT2D eigenvalue weighted by Gasteiger charge is -2.29. The molecule has 0 spiro atoms. The number of nitro groups is 1. The maximum Gasteiger partial charge on any atom is 0.304 e. The van der Waals surface area contributed by atoms with E-state index in [1.807, 2.05) is 4.90 Å². The third-order valence-corrected chi connectivity index (χ3v) is 5.09. The predicted octanol–water partition coefficient (Wildman–Crippen LogP) is 3.11. The van der Waals surface area contributed by atoms with Crippen LogP contribution in [0.25, 0.3) is 0 Å². The van der Waals surface area contributed by atoms with Gasteiger partial charge in [0.2, 0.25) is 0 Å². The van der Waals surface area contributed by atoms with Gasteiger partial charge in [-0.25, -0.2) is 0 Å². The zero-order valence-electron chi connectivity index (χ0n) is 12.5. The van der Waals surface area contributed by atoms with Crippen molar-refractivity contribution in [1.82, 2.24) is 0 Å². The van der Waals surface area contributed by atoms with E-state index in [9.17, 15) is 14.9 Å². The molecule has 6 nitrogen and oxygen atoms in total. The minimum Gasteiger partial charge on any atom is -0.383 e. The van der Waals surface area contributed by atoms with E-state index >= 15 is 0 Å². The van der Waals surface area contributed by atoms with Crippen molar-refractivity contribution in [2.24, 2.45) is 5.92 Å². The van der Waals surface area contributed by atoms with Crippen molar-refractivity contribution in [1.29, 1.82) is 0 Å². The Hall–Kier alpha value is -1.47. The summed E-state index contributed by atoms with van der Waals surface area (Å²) in [5.41, 5.74) is 0.0220. The van der Waals surface area contributed by atoms with Crippen molar-refractivity contribution in [2.75, 3.05) is 25.2 Å². The molecule has 1 aromatic rings. The molecule has 7 heteroatoms. The SMILES string of the molecule is COCCN(c1sc(C(C)=O)cc1[N+](=O)[O-])C(C)C1CC1. The van der Waals surface area contributed by atoms with E-state index in [4.69, 9.17) is 4.74 Å². The van der Waals surface area contributed by atoms with Gasteiger partial charge in [0.15, 0.2) is 10.8 Å². The van der Waals surface area contributed by atoms with Crippen LogP contribution in [-0.2, 0) is 4.74 Å². The van der Waals surface area contributed by atoms with Crippen LogP contribution in [0, 0.1) is 16.0 Å². The van der Waals surface area contributed by atoms with E-state index in [2.05, 4.69) is 6.92 Å². The summed E-state index contributed by atoms with van der Waals surface area (Å²) in [7, 11) is 1.61. The van der Waals surface area contributed by atoms with Gasteiger partial charge in [-0.05, 0) is 32.6 Å². The second-order valence-corrected chi connectivity index (χ2v) is 6.41. The normalized spacial score (nSPS) is 15.8. The van der Waals surface area contributed by atoms with Gasteiger partial charge in [-0.15, -0.1) is 11.3 Å². The first kappa shape index (κ1) is 15.9. The van der Waals surface area contributed by atoms with Crippen LogP contribution >= 0.6 is 11.3 Å². The topological polar surface area (TPSA) is 72.7 Å². The van der Waals surface area contributed by atoms with Crippen molar-refractivity contribution in [3.63, 3.8) is 0 Å². The van der Waals surface area contributed by atoms with Crippen molar-refractivity contribution in [3.05, 3.63) is 21.1 Å². The summed E-state index contributed by atoms with van der Waals surface area (Å²) in [6, 6.07) is 1.61. The minimum absolute atomic E-state index is 0.0220. The molecule has 0 radical (unpaired) electrons. The molecular formula is C14H20N2O4S. The van der Waals surface area contributed by atoms with Gasteiger partial charge in [0.25, 0.3) is 0 Å². The van der Waals surface area contributed by atoms with E-state index in [0.29, 0.717) is 28.9 Å². The lowest BCUT2D eigenvalue weighted by Crippen LogP contribution is -2.37. The number of rotatable bonds is 8. The van der Waals surface area contributed by atoms with Gasteiger partial charge in [0.05, 0.1) is 16.4 Å². The molecule has 1 unspecified atom stereocenters. The lowest BCUT2D eigenvalue weighted by molar-refractivity contribution is -0.383. The second kappa shape index (κ2) is 6.53. The highest BCUT2D eigenvalue weighted by atomic mass is 32.1. The summed E-state index contributed by atoms with van der Waals surface area (Å²) in [6.07, 6.45) is 2.31. The number of anilines is 1. The summed E-state index contributed by atoms with van der Waals surface area (Å²) < 4.78 is 5.12. The fraction of sp³-hybridized carbons (Fsp3) is 0.643. The maximum atomic E-state index is 11.5. The van der Waals surface area contributed by atoms with Crippen molar-refractivity contribution < 1.29 is 14.5 Å². The fourth-order valence-electron chi connectivity index (χ4n) is 2.39. The smallest absolute Gasteiger partial charge is 0.304 e. The monoisotopic (exact) mass is 312 g/mol. The second-order valence-electron chi connectivity index (χ2n) is 5.38. The number of thiophene rings is 1. The molecule has 0 amide bonds. The molecule has 1 aromatic heterocycles. The molecule has 1 aliphatic carbocycles. The number of Topliss-reactive ketones (excluding diaryl/α,β-unsaturated/α-hetero) is 1. The number of ketones is 1. The Morgan fingerprint density at radius 3 is 2.76 bits per heavy atom. The van der Waals surface area contributed by atoms with Crippen LogP contribution in [0.2, 0.25) is 0 Å². The number of ether oxygens (including phenoxy) is 1. The van der Waals surface area contributed by atoms with E-state index in [0.717, 1.165) is 12.8 Å². The van der Waals surface area contributed by atoms with Gasteiger partial charge in [-0.2, -0.15) is 0 Å². The molecule has 116 valence electrons. The molecule has 1 fully saturated rings. The number of nitrogens with zero attached hydrogens (tertiary/aromatic N) is 2. The summed E-state index contributed by atoms with van der Waals surface area (Å²) in [5, 5.41) is 11.9. The Balaban J connectivity index is 2.36. The summed E-state index contributed by atoms with van der Waals surface area (Å²) in [6.45, 7) is 4.61. The van der Waals surface area contributed by atoms with Gasteiger partial charge in [-0.1, -0.05) is 0 Å². The first-order valence-electron chi connectivity index (χ1n) is 7.00. The number of hydrogen-bond acceptors (Lipinski definition) is 6. The molecule has 1 atom stereocenters. The van der Waals surface area contributed by atoms with E-state index in [1.165, 1.54) is 24.3 Å².